The highest BCUT2D eigenvalue weighted by Gasteiger charge is 2.27. The minimum atomic E-state index is -0.865. The molecule has 0 radical (unpaired) electrons. The first kappa shape index (κ1) is 12.7. The Kier molecular flexibility index (Phi) is 4.06. The number of H-pyrrole nitrogens is 1. The molecule has 0 aliphatic carbocycles. The number of ether oxygens (including phenoxy) is 1. The number of rotatable bonds is 4. The van der Waals surface area contributed by atoms with E-state index in [0.717, 1.165) is 18.7 Å². The highest BCUT2D eigenvalue weighted by atomic mass is 16.6. The van der Waals surface area contributed by atoms with Crippen molar-refractivity contribution in [2.45, 2.75) is 31.3 Å². The Labute approximate surface area is 104 Å². The molecule has 1 aliphatic rings. The van der Waals surface area contributed by atoms with Crippen LogP contribution in [0.2, 0.25) is 0 Å². The molecule has 0 bridgehead atoms. The van der Waals surface area contributed by atoms with Crippen LogP contribution in [0.1, 0.15) is 18.5 Å². The molecule has 1 saturated heterocycles. The second-order valence-electron chi connectivity index (χ2n) is 4.28. The van der Waals surface area contributed by atoms with Gasteiger partial charge < -0.3 is 20.8 Å². The normalized spacial score (nSPS) is 20.6. The highest BCUT2D eigenvalue weighted by molar-refractivity contribution is 5.91. The number of carbonyl (C=O) groups excluding carboxylic acids is 2. The van der Waals surface area contributed by atoms with E-state index in [1.807, 2.05) is 0 Å². The smallest absolute Gasteiger partial charge is 0.330 e. The van der Waals surface area contributed by atoms with Gasteiger partial charge >= 0.3 is 11.9 Å². The van der Waals surface area contributed by atoms with Crippen LogP contribution in [0.4, 0.5) is 0 Å². The lowest BCUT2D eigenvalue weighted by atomic mass is 10.2. The summed E-state index contributed by atoms with van der Waals surface area (Å²) in [5.74, 6) is -1.25. The van der Waals surface area contributed by atoms with Crippen molar-refractivity contribution < 1.29 is 14.3 Å². The van der Waals surface area contributed by atoms with E-state index in [4.69, 9.17) is 10.5 Å². The molecule has 1 aromatic rings. The molecule has 2 heterocycles. The van der Waals surface area contributed by atoms with E-state index in [1.165, 1.54) is 6.33 Å². The number of nitrogens with two attached hydrogens (primary N) is 1. The number of imidazole rings is 1. The first-order valence-electron chi connectivity index (χ1n) is 5.88. The van der Waals surface area contributed by atoms with Gasteiger partial charge in [-0.1, -0.05) is 0 Å². The van der Waals surface area contributed by atoms with Crippen molar-refractivity contribution in [3.8, 4) is 0 Å². The van der Waals surface area contributed by atoms with Crippen molar-refractivity contribution in [2.75, 3.05) is 6.54 Å². The molecule has 7 nitrogen and oxygen atoms in total. The van der Waals surface area contributed by atoms with E-state index in [9.17, 15) is 9.59 Å². The summed E-state index contributed by atoms with van der Waals surface area (Å²) >= 11 is 0. The number of carbonyl (C=O) groups is 2. The molecule has 18 heavy (non-hydrogen) atoms. The molecular weight excluding hydrogens is 236 g/mol. The summed E-state index contributed by atoms with van der Waals surface area (Å²) in [6, 6.07) is -1.25. The molecule has 4 N–H and O–H groups in total. The first-order valence-corrected chi connectivity index (χ1v) is 5.88. The lowest BCUT2D eigenvalue weighted by molar-refractivity contribution is -0.161. The summed E-state index contributed by atoms with van der Waals surface area (Å²) in [5.41, 5.74) is 6.39. The Bertz CT molecular complexity index is 412. The van der Waals surface area contributed by atoms with Crippen molar-refractivity contribution in [1.29, 1.82) is 0 Å². The predicted molar refractivity (Wildman–Crippen MR) is 62.4 cm³/mol. The van der Waals surface area contributed by atoms with Crippen LogP contribution in [0.3, 0.4) is 0 Å². The average Bonchev–Trinajstić information content (AvgIpc) is 3.01. The molecule has 0 amide bonds. The zero-order valence-electron chi connectivity index (χ0n) is 9.89. The van der Waals surface area contributed by atoms with E-state index in [2.05, 4.69) is 15.3 Å². The number of hydrogen-bond acceptors (Lipinski definition) is 6. The van der Waals surface area contributed by atoms with Gasteiger partial charge in [0.2, 0.25) is 0 Å². The molecule has 1 aliphatic heterocycles. The van der Waals surface area contributed by atoms with Gasteiger partial charge in [0.05, 0.1) is 6.33 Å². The molecule has 0 unspecified atom stereocenters. The highest BCUT2D eigenvalue weighted by Crippen LogP contribution is 2.07. The number of nitrogens with zero attached hydrogens (tertiary/aromatic N) is 1. The Hall–Kier alpha value is -1.73. The fraction of sp³-hybridized carbons (Fsp3) is 0.545. The van der Waals surface area contributed by atoms with E-state index >= 15 is 0 Å². The number of aromatic amines is 1. The van der Waals surface area contributed by atoms with E-state index < -0.39 is 18.0 Å². The fourth-order valence-electron chi connectivity index (χ4n) is 1.85. The van der Waals surface area contributed by atoms with Crippen molar-refractivity contribution in [3.63, 3.8) is 0 Å². The van der Waals surface area contributed by atoms with Gasteiger partial charge in [-0.3, -0.25) is 0 Å². The number of esters is 2. The summed E-state index contributed by atoms with van der Waals surface area (Å²) in [4.78, 5) is 29.8. The molecule has 0 saturated carbocycles. The lowest BCUT2D eigenvalue weighted by Gasteiger charge is -2.12. The molecule has 7 heteroatoms. The second kappa shape index (κ2) is 5.74. The van der Waals surface area contributed by atoms with Gasteiger partial charge in [-0.25, -0.2) is 14.6 Å². The van der Waals surface area contributed by atoms with Crippen LogP contribution in [0.5, 0.6) is 0 Å². The maximum Gasteiger partial charge on any atom is 0.330 e. The summed E-state index contributed by atoms with van der Waals surface area (Å²) < 4.78 is 4.75. The van der Waals surface area contributed by atoms with E-state index in [-0.39, 0.29) is 12.5 Å². The van der Waals surface area contributed by atoms with Gasteiger partial charge in [0.1, 0.15) is 12.1 Å². The average molecular weight is 252 g/mol. The minimum absolute atomic E-state index is 0.268. The molecule has 0 spiro atoms. The predicted octanol–water partition coefficient (Wildman–Crippen LogP) is -0.899. The standard InChI is InChI=1S/C11H16N4O3/c12-8(4-7-5-13-6-15-7)10(16)18-11(17)9-2-1-3-14-9/h5-6,8-9,14H,1-4,12H2,(H,13,15)/t8-,9+/m0/s1. The Balaban J connectivity index is 1.81. The van der Waals surface area contributed by atoms with Crippen molar-refractivity contribution in [3.05, 3.63) is 18.2 Å². The summed E-state index contributed by atoms with van der Waals surface area (Å²) in [6.07, 6.45) is 4.95. The first-order chi connectivity index (χ1) is 8.66. The third-order valence-corrected chi connectivity index (χ3v) is 2.84. The fourth-order valence-corrected chi connectivity index (χ4v) is 1.85. The molecule has 1 aromatic heterocycles. The van der Waals surface area contributed by atoms with Crippen molar-refractivity contribution in [1.82, 2.24) is 15.3 Å². The zero-order valence-corrected chi connectivity index (χ0v) is 9.89. The van der Waals surface area contributed by atoms with Crippen molar-refractivity contribution >= 4 is 11.9 Å². The molecule has 2 atom stereocenters. The molecule has 98 valence electrons. The lowest BCUT2D eigenvalue weighted by Crippen LogP contribution is -2.40. The third kappa shape index (κ3) is 3.14. The molecular formula is C11H16N4O3. The van der Waals surface area contributed by atoms with Crippen LogP contribution in [0.15, 0.2) is 12.5 Å². The SMILES string of the molecule is N[C@@H](Cc1cnc[nH]1)C(=O)OC(=O)[C@H]1CCCN1. The quantitative estimate of drug-likeness (QED) is 0.473. The van der Waals surface area contributed by atoms with Gasteiger partial charge in [-0.15, -0.1) is 0 Å². The van der Waals surface area contributed by atoms with Gasteiger partial charge in [0, 0.05) is 18.3 Å². The molecule has 0 aromatic carbocycles. The summed E-state index contributed by atoms with van der Waals surface area (Å²) in [5, 5.41) is 2.96. The van der Waals surface area contributed by atoms with E-state index in [0.29, 0.717) is 6.42 Å². The Morgan fingerprint density at radius 3 is 3.06 bits per heavy atom. The Morgan fingerprint density at radius 1 is 1.61 bits per heavy atom. The van der Waals surface area contributed by atoms with Crippen LogP contribution in [-0.2, 0) is 20.7 Å². The molecule has 2 rings (SSSR count). The maximum atomic E-state index is 11.6. The van der Waals surface area contributed by atoms with Gasteiger partial charge in [-0.2, -0.15) is 0 Å². The molecule has 1 fully saturated rings. The zero-order chi connectivity index (χ0) is 13.0. The van der Waals surface area contributed by atoms with Gasteiger partial charge in [0.15, 0.2) is 0 Å². The minimum Gasteiger partial charge on any atom is -0.391 e. The summed E-state index contributed by atoms with van der Waals surface area (Å²) in [6.45, 7) is 0.772. The number of aromatic nitrogens is 2. The monoisotopic (exact) mass is 252 g/mol. The number of hydrogen-bond donors (Lipinski definition) is 3. The van der Waals surface area contributed by atoms with Crippen LogP contribution in [0.25, 0.3) is 0 Å². The van der Waals surface area contributed by atoms with Crippen LogP contribution in [-0.4, -0.2) is 40.5 Å². The van der Waals surface area contributed by atoms with E-state index in [1.54, 1.807) is 6.20 Å². The Morgan fingerprint density at radius 2 is 2.44 bits per heavy atom. The van der Waals surface area contributed by atoms with Crippen LogP contribution in [0, 0.1) is 0 Å². The third-order valence-electron chi connectivity index (χ3n) is 2.84. The number of nitrogens with one attached hydrogen (secondary N) is 2. The topological polar surface area (TPSA) is 110 Å². The van der Waals surface area contributed by atoms with Gasteiger partial charge in [0.25, 0.3) is 0 Å². The second-order valence-corrected chi connectivity index (χ2v) is 4.28. The van der Waals surface area contributed by atoms with Gasteiger partial charge in [-0.05, 0) is 19.4 Å². The maximum absolute atomic E-state index is 11.6. The van der Waals surface area contributed by atoms with Crippen LogP contribution >= 0.6 is 0 Å². The van der Waals surface area contributed by atoms with Crippen LogP contribution < -0.4 is 11.1 Å². The largest absolute Gasteiger partial charge is 0.391 e. The summed E-state index contributed by atoms with van der Waals surface area (Å²) in [7, 11) is 0. The van der Waals surface area contributed by atoms with Crippen molar-refractivity contribution in [2.24, 2.45) is 5.73 Å².